The lowest BCUT2D eigenvalue weighted by Gasteiger charge is -2.30. The van der Waals surface area contributed by atoms with E-state index in [2.05, 4.69) is 15.3 Å². The van der Waals surface area contributed by atoms with Gasteiger partial charge in [-0.2, -0.15) is 0 Å². The number of H-pyrrole nitrogens is 1. The van der Waals surface area contributed by atoms with Crippen molar-refractivity contribution in [3.63, 3.8) is 0 Å². The number of aliphatic hydroxyl groups excluding tert-OH is 2. The number of nitrogens with one attached hydrogen (secondary N) is 2. The van der Waals surface area contributed by atoms with Crippen LogP contribution in [0.5, 0.6) is 0 Å². The number of pyridine rings is 2. The van der Waals surface area contributed by atoms with E-state index in [9.17, 15) is 15.0 Å². The van der Waals surface area contributed by atoms with Gasteiger partial charge in [0.15, 0.2) is 5.58 Å². The van der Waals surface area contributed by atoms with Crippen LogP contribution in [0.3, 0.4) is 0 Å². The number of fused-ring (bicyclic) bond motifs is 1. The molecule has 142 valence electrons. The van der Waals surface area contributed by atoms with Crippen molar-refractivity contribution in [2.75, 3.05) is 13.2 Å². The zero-order valence-corrected chi connectivity index (χ0v) is 14.6. The van der Waals surface area contributed by atoms with Crippen LogP contribution in [0.4, 0.5) is 0 Å². The van der Waals surface area contributed by atoms with Gasteiger partial charge in [0.1, 0.15) is 11.7 Å². The maximum atomic E-state index is 11.2. The number of hydrogen-bond acceptors (Lipinski definition) is 7. The highest BCUT2D eigenvalue weighted by molar-refractivity contribution is 5.76. The number of furan rings is 1. The third-order valence-corrected chi connectivity index (χ3v) is 4.73. The molecule has 27 heavy (non-hydrogen) atoms. The van der Waals surface area contributed by atoms with E-state index >= 15 is 0 Å². The maximum absolute atomic E-state index is 11.2. The Morgan fingerprint density at radius 2 is 2.26 bits per heavy atom. The molecule has 4 heterocycles. The summed E-state index contributed by atoms with van der Waals surface area (Å²) in [6.45, 7) is 0.781. The molecular formula is C19H21N3O5. The summed E-state index contributed by atoms with van der Waals surface area (Å²) in [4.78, 5) is 18.4. The van der Waals surface area contributed by atoms with E-state index in [1.54, 1.807) is 30.7 Å². The van der Waals surface area contributed by atoms with Gasteiger partial charge in [0, 0.05) is 43.0 Å². The van der Waals surface area contributed by atoms with Crippen molar-refractivity contribution in [3.05, 3.63) is 63.9 Å². The molecule has 3 atom stereocenters. The molecule has 8 nitrogen and oxygen atoms in total. The fraction of sp³-hybridized carbons (Fsp3) is 0.368. The van der Waals surface area contributed by atoms with Crippen LogP contribution < -0.4 is 10.9 Å². The van der Waals surface area contributed by atoms with Crippen LogP contribution in [0.25, 0.3) is 11.1 Å². The van der Waals surface area contributed by atoms with E-state index in [-0.39, 0.29) is 18.2 Å². The predicted molar refractivity (Wildman–Crippen MR) is 97.2 cm³/mol. The lowest BCUT2D eigenvalue weighted by atomic mass is 10.0. The predicted octanol–water partition coefficient (Wildman–Crippen LogP) is 0.837. The van der Waals surface area contributed by atoms with Crippen LogP contribution >= 0.6 is 0 Å². The monoisotopic (exact) mass is 371 g/mol. The molecule has 0 saturated carbocycles. The van der Waals surface area contributed by atoms with Crippen molar-refractivity contribution < 1.29 is 19.4 Å². The average molecular weight is 371 g/mol. The van der Waals surface area contributed by atoms with Gasteiger partial charge in [-0.25, -0.2) is 4.98 Å². The SMILES string of the molecule is O=c1ccc(Cc2cc(C(O)N[C@H]3CCOC[C@@H]3O)nc3ccoc23)c[nH]1. The van der Waals surface area contributed by atoms with Gasteiger partial charge in [0.05, 0.1) is 24.7 Å². The van der Waals surface area contributed by atoms with Gasteiger partial charge in [-0.1, -0.05) is 6.07 Å². The molecule has 1 unspecified atom stereocenters. The molecule has 0 aromatic carbocycles. The zero-order valence-electron chi connectivity index (χ0n) is 14.6. The molecule has 1 aliphatic rings. The topological polar surface area (TPSA) is 121 Å². The summed E-state index contributed by atoms with van der Waals surface area (Å²) in [6, 6.07) is 6.48. The summed E-state index contributed by atoms with van der Waals surface area (Å²) < 4.78 is 10.8. The minimum absolute atomic E-state index is 0.160. The first kappa shape index (κ1) is 17.9. The Kier molecular flexibility index (Phi) is 5.04. The van der Waals surface area contributed by atoms with Gasteiger partial charge in [-0.3, -0.25) is 10.1 Å². The van der Waals surface area contributed by atoms with Gasteiger partial charge in [-0.15, -0.1) is 0 Å². The van der Waals surface area contributed by atoms with Gasteiger partial charge in [0.2, 0.25) is 5.56 Å². The van der Waals surface area contributed by atoms with Crippen molar-refractivity contribution in [2.24, 2.45) is 0 Å². The van der Waals surface area contributed by atoms with Gasteiger partial charge >= 0.3 is 0 Å². The second-order valence-electron chi connectivity index (χ2n) is 6.69. The average Bonchev–Trinajstić information content (AvgIpc) is 3.14. The second kappa shape index (κ2) is 7.61. The summed E-state index contributed by atoms with van der Waals surface area (Å²) in [7, 11) is 0. The Labute approximate surface area is 154 Å². The smallest absolute Gasteiger partial charge is 0.247 e. The minimum Gasteiger partial charge on any atom is -0.462 e. The van der Waals surface area contributed by atoms with Crippen molar-refractivity contribution in [3.8, 4) is 0 Å². The molecule has 4 rings (SSSR count). The number of rotatable bonds is 5. The van der Waals surface area contributed by atoms with Crippen LogP contribution in [0.1, 0.15) is 29.5 Å². The lowest BCUT2D eigenvalue weighted by Crippen LogP contribution is -2.47. The quantitative estimate of drug-likeness (QED) is 0.490. The fourth-order valence-electron chi connectivity index (χ4n) is 3.30. The van der Waals surface area contributed by atoms with Gasteiger partial charge in [0.25, 0.3) is 0 Å². The molecule has 1 fully saturated rings. The van der Waals surface area contributed by atoms with E-state index in [0.717, 1.165) is 11.1 Å². The summed E-state index contributed by atoms with van der Waals surface area (Å²) in [5.41, 5.74) is 3.32. The summed E-state index contributed by atoms with van der Waals surface area (Å²) in [6.07, 6.45) is 2.63. The number of nitrogens with zero attached hydrogens (tertiary/aromatic N) is 1. The van der Waals surface area contributed by atoms with Crippen LogP contribution in [0.2, 0.25) is 0 Å². The summed E-state index contributed by atoms with van der Waals surface area (Å²) >= 11 is 0. The van der Waals surface area contributed by atoms with E-state index in [0.29, 0.717) is 36.2 Å². The zero-order chi connectivity index (χ0) is 18.8. The van der Waals surface area contributed by atoms with E-state index in [1.165, 1.54) is 6.07 Å². The van der Waals surface area contributed by atoms with Crippen molar-refractivity contribution in [1.82, 2.24) is 15.3 Å². The van der Waals surface area contributed by atoms with E-state index in [4.69, 9.17) is 9.15 Å². The van der Waals surface area contributed by atoms with Crippen LogP contribution in [-0.2, 0) is 11.2 Å². The molecule has 0 aliphatic carbocycles. The first-order valence-corrected chi connectivity index (χ1v) is 8.85. The molecular weight excluding hydrogens is 350 g/mol. The summed E-state index contributed by atoms with van der Waals surface area (Å²) in [5.74, 6) is 0. The third-order valence-electron chi connectivity index (χ3n) is 4.73. The fourth-order valence-corrected chi connectivity index (χ4v) is 3.30. The Hall–Kier alpha value is -2.52. The van der Waals surface area contributed by atoms with Crippen molar-refractivity contribution in [1.29, 1.82) is 0 Å². The standard InChI is InChI=1S/C19H21N3O5/c23-16-10-26-5-3-13(16)22-19(25)15-8-12(18-14(21-15)4-6-27-18)7-11-1-2-17(24)20-9-11/h1-2,4,6,8-9,13,16,19,22-23,25H,3,5,7,10H2,(H,20,24)/t13-,16-,19?/m0/s1. The number of aliphatic hydroxyl groups is 2. The number of aromatic amines is 1. The van der Waals surface area contributed by atoms with E-state index in [1.807, 2.05) is 0 Å². The van der Waals surface area contributed by atoms with Crippen molar-refractivity contribution in [2.45, 2.75) is 31.2 Å². The third kappa shape index (κ3) is 3.93. The molecule has 0 amide bonds. The molecule has 0 bridgehead atoms. The Morgan fingerprint density at radius 1 is 1.37 bits per heavy atom. The molecule has 3 aromatic rings. The highest BCUT2D eigenvalue weighted by Crippen LogP contribution is 2.24. The molecule has 0 spiro atoms. The first-order chi connectivity index (χ1) is 13.1. The molecule has 3 aromatic heterocycles. The normalized spacial score (nSPS) is 21.4. The molecule has 1 saturated heterocycles. The Morgan fingerprint density at radius 3 is 3.04 bits per heavy atom. The van der Waals surface area contributed by atoms with Crippen LogP contribution in [-0.4, -0.2) is 45.5 Å². The lowest BCUT2D eigenvalue weighted by molar-refractivity contribution is -0.0430. The highest BCUT2D eigenvalue weighted by Gasteiger charge is 2.26. The molecule has 0 radical (unpaired) electrons. The maximum Gasteiger partial charge on any atom is 0.247 e. The van der Waals surface area contributed by atoms with Crippen molar-refractivity contribution >= 4 is 11.1 Å². The molecule has 1 aliphatic heterocycles. The number of hydrogen-bond donors (Lipinski definition) is 4. The Balaban J connectivity index is 1.61. The van der Waals surface area contributed by atoms with Crippen LogP contribution in [0, 0.1) is 0 Å². The highest BCUT2D eigenvalue weighted by atomic mass is 16.5. The van der Waals surface area contributed by atoms with Gasteiger partial charge in [-0.05, 0) is 18.1 Å². The largest absolute Gasteiger partial charge is 0.462 e. The number of aromatic nitrogens is 2. The molecule has 4 N–H and O–H groups in total. The minimum atomic E-state index is -1.03. The van der Waals surface area contributed by atoms with E-state index < -0.39 is 12.3 Å². The molecule has 8 heteroatoms. The van der Waals surface area contributed by atoms with Gasteiger partial charge < -0.3 is 24.4 Å². The Bertz CT molecular complexity index is 962. The summed E-state index contributed by atoms with van der Waals surface area (Å²) in [5, 5.41) is 23.6. The first-order valence-electron chi connectivity index (χ1n) is 8.85. The number of ether oxygens (including phenoxy) is 1. The van der Waals surface area contributed by atoms with Crippen LogP contribution in [0.15, 0.2) is 45.9 Å². The second-order valence-corrected chi connectivity index (χ2v) is 6.69.